The summed E-state index contributed by atoms with van der Waals surface area (Å²) in [6.45, 7) is -2.27. The number of carboxylic acid groups (broad SMARTS) is 1. The molecular weight excluding hydrogens is 508 g/mol. The van der Waals surface area contributed by atoms with E-state index in [4.69, 9.17) is 4.74 Å². The summed E-state index contributed by atoms with van der Waals surface area (Å²) in [6, 6.07) is 3.62. The summed E-state index contributed by atoms with van der Waals surface area (Å²) in [5.74, 6) is -4.77. The van der Waals surface area contributed by atoms with E-state index in [1.807, 2.05) is 0 Å². The Morgan fingerprint density at radius 2 is 1.76 bits per heavy atom. The number of carbonyl (C=O) groups excluding carboxylic acids is 7. The standard InChI is InChI=1S/C22H22N6O10/c29-14-6-7-25-17(14)18(32)28(22(25)37)27-10-16(31)26(21(27)36)9-15(30)23-8-13(19(33)34)24-20(35)38-11-12-4-2-1-3-5-12/h1-5,13,17H,6-11H2,(H,23,30)(H,24,35)(H,33,34)/t13-,17-/m0/s1. The smallest absolute Gasteiger partial charge is 0.408 e. The van der Waals surface area contributed by atoms with Gasteiger partial charge in [-0.05, 0) is 5.56 Å². The van der Waals surface area contributed by atoms with Crippen molar-refractivity contribution < 1.29 is 48.2 Å². The van der Waals surface area contributed by atoms with Crippen LogP contribution in [0, 0.1) is 0 Å². The fourth-order valence-electron chi connectivity index (χ4n) is 4.06. The Balaban J connectivity index is 1.29. The van der Waals surface area contributed by atoms with Crippen LogP contribution in [0.25, 0.3) is 0 Å². The molecular formula is C22H22N6O10. The zero-order valence-corrected chi connectivity index (χ0v) is 19.7. The summed E-state index contributed by atoms with van der Waals surface area (Å²) >= 11 is 0. The molecule has 3 aliphatic rings. The maximum absolute atomic E-state index is 12.7. The quantitative estimate of drug-likeness (QED) is 0.243. The van der Waals surface area contributed by atoms with Crippen molar-refractivity contribution in [2.45, 2.75) is 25.1 Å². The summed E-state index contributed by atoms with van der Waals surface area (Å²) in [6.07, 6.45) is -1.04. The zero-order valence-electron chi connectivity index (χ0n) is 19.7. The van der Waals surface area contributed by atoms with Gasteiger partial charge in [-0.1, -0.05) is 30.3 Å². The summed E-state index contributed by atoms with van der Waals surface area (Å²) in [5.41, 5.74) is 0.668. The van der Waals surface area contributed by atoms with E-state index in [1.54, 1.807) is 30.3 Å². The minimum Gasteiger partial charge on any atom is -0.480 e. The molecule has 0 bridgehead atoms. The molecule has 0 spiro atoms. The van der Waals surface area contributed by atoms with Crippen molar-refractivity contribution in [1.82, 2.24) is 30.5 Å². The lowest BCUT2D eigenvalue weighted by Gasteiger charge is -2.24. The predicted octanol–water partition coefficient (Wildman–Crippen LogP) is -1.73. The van der Waals surface area contributed by atoms with Gasteiger partial charge in [-0.2, -0.15) is 5.01 Å². The van der Waals surface area contributed by atoms with E-state index < -0.39 is 79.3 Å². The predicted molar refractivity (Wildman–Crippen MR) is 120 cm³/mol. The van der Waals surface area contributed by atoms with E-state index >= 15 is 0 Å². The lowest BCUT2D eigenvalue weighted by Crippen LogP contribution is -2.52. The highest BCUT2D eigenvalue weighted by atomic mass is 16.5. The van der Waals surface area contributed by atoms with Crippen molar-refractivity contribution in [3.63, 3.8) is 0 Å². The number of Topliss-reactive ketones (excluding diaryl/α,β-unsaturated/α-hetero) is 1. The number of carbonyl (C=O) groups is 8. The normalized spacial score (nSPS) is 19.7. The molecule has 38 heavy (non-hydrogen) atoms. The van der Waals surface area contributed by atoms with Crippen LogP contribution in [0.5, 0.6) is 0 Å². The number of ether oxygens (including phenoxy) is 1. The van der Waals surface area contributed by atoms with Crippen molar-refractivity contribution in [2.75, 3.05) is 26.2 Å². The van der Waals surface area contributed by atoms with Crippen LogP contribution < -0.4 is 10.6 Å². The van der Waals surface area contributed by atoms with E-state index in [2.05, 4.69) is 10.6 Å². The molecule has 200 valence electrons. The first-order valence-corrected chi connectivity index (χ1v) is 11.3. The molecule has 0 unspecified atom stereocenters. The van der Waals surface area contributed by atoms with E-state index in [1.165, 1.54) is 0 Å². The van der Waals surface area contributed by atoms with Crippen molar-refractivity contribution in [3.05, 3.63) is 35.9 Å². The van der Waals surface area contributed by atoms with Gasteiger partial charge in [-0.3, -0.25) is 24.1 Å². The molecule has 3 saturated heterocycles. The van der Waals surface area contributed by atoms with Gasteiger partial charge in [-0.25, -0.2) is 24.2 Å². The number of urea groups is 2. The van der Waals surface area contributed by atoms with Crippen molar-refractivity contribution in [2.24, 2.45) is 0 Å². The average molecular weight is 530 g/mol. The number of nitrogens with one attached hydrogen (secondary N) is 2. The maximum Gasteiger partial charge on any atom is 0.408 e. The molecule has 8 amide bonds. The number of carboxylic acids is 1. The number of alkyl carbamates (subject to hydrolysis) is 1. The number of hydrogen-bond donors (Lipinski definition) is 3. The van der Waals surface area contributed by atoms with Gasteiger partial charge < -0.3 is 25.4 Å². The molecule has 16 nitrogen and oxygen atoms in total. The van der Waals surface area contributed by atoms with Crippen molar-refractivity contribution >= 4 is 47.6 Å². The largest absolute Gasteiger partial charge is 0.480 e. The number of ketones is 1. The second kappa shape index (κ2) is 10.5. The number of hydrazine groups is 1. The highest BCUT2D eigenvalue weighted by molar-refractivity contribution is 6.19. The Kier molecular flexibility index (Phi) is 7.22. The van der Waals surface area contributed by atoms with Crippen LogP contribution in [-0.4, -0.2) is 111 Å². The first kappa shape index (κ1) is 26.1. The van der Waals surface area contributed by atoms with Gasteiger partial charge in [0.25, 0.3) is 11.8 Å². The molecule has 3 aliphatic heterocycles. The minimum atomic E-state index is -1.59. The van der Waals surface area contributed by atoms with Gasteiger partial charge in [0, 0.05) is 19.5 Å². The molecule has 0 aliphatic carbocycles. The lowest BCUT2D eigenvalue weighted by molar-refractivity contribution is -0.140. The second-order valence-corrected chi connectivity index (χ2v) is 8.47. The topological polar surface area (TPSA) is 203 Å². The fourth-order valence-corrected chi connectivity index (χ4v) is 4.06. The molecule has 4 rings (SSSR count). The van der Waals surface area contributed by atoms with E-state index in [9.17, 15) is 43.5 Å². The van der Waals surface area contributed by atoms with Gasteiger partial charge in [0.15, 0.2) is 11.8 Å². The Morgan fingerprint density at radius 3 is 2.42 bits per heavy atom. The number of aliphatic carboxylic acids is 1. The van der Waals surface area contributed by atoms with E-state index in [0.29, 0.717) is 20.5 Å². The van der Waals surface area contributed by atoms with Gasteiger partial charge in [-0.15, -0.1) is 0 Å². The molecule has 3 N–H and O–H groups in total. The third-order valence-corrected chi connectivity index (χ3v) is 5.97. The Hall–Kier alpha value is -5.02. The fraction of sp³-hybridized carbons (Fsp3) is 0.364. The number of nitrogens with zero attached hydrogens (tertiary/aromatic N) is 4. The number of benzene rings is 1. The number of fused-ring (bicyclic) bond motifs is 1. The first-order chi connectivity index (χ1) is 18.1. The number of hydrogen-bond acceptors (Lipinski definition) is 9. The molecule has 0 aromatic heterocycles. The molecule has 1 aromatic carbocycles. The van der Waals surface area contributed by atoms with Gasteiger partial charge in [0.1, 0.15) is 25.7 Å². The monoisotopic (exact) mass is 530 g/mol. The van der Waals surface area contributed by atoms with Crippen molar-refractivity contribution in [3.8, 4) is 0 Å². The maximum atomic E-state index is 12.7. The highest BCUT2D eigenvalue weighted by Gasteiger charge is 2.57. The summed E-state index contributed by atoms with van der Waals surface area (Å²) < 4.78 is 4.95. The Labute approximate surface area is 214 Å². The Bertz CT molecular complexity index is 1220. The number of imide groups is 2. The zero-order chi connectivity index (χ0) is 27.6. The summed E-state index contributed by atoms with van der Waals surface area (Å²) in [7, 11) is 0. The average Bonchev–Trinajstić information content (AvgIpc) is 3.48. The van der Waals surface area contributed by atoms with Crippen LogP contribution in [0.3, 0.4) is 0 Å². The van der Waals surface area contributed by atoms with Gasteiger partial charge >= 0.3 is 24.1 Å². The number of rotatable bonds is 9. The van der Waals surface area contributed by atoms with Gasteiger partial charge in [0.05, 0.1) is 0 Å². The van der Waals surface area contributed by atoms with Crippen LogP contribution in [0.4, 0.5) is 14.4 Å². The van der Waals surface area contributed by atoms with Crippen LogP contribution >= 0.6 is 0 Å². The van der Waals surface area contributed by atoms with Crippen LogP contribution in [0.15, 0.2) is 30.3 Å². The van der Waals surface area contributed by atoms with Crippen LogP contribution in [0.2, 0.25) is 0 Å². The third-order valence-electron chi connectivity index (χ3n) is 5.97. The highest BCUT2D eigenvalue weighted by Crippen LogP contribution is 2.28. The third kappa shape index (κ3) is 5.09. The first-order valence-electron chi connectivity index (χ1n) is 11.3. The molecule has 3 fully saturated rings. The SMILES string of the molecule is O=C(CN1C(=O)CN(N2C(=O)[C@@H]3C(=O)CCN3C2=O)C1=O)NC[C@H](NC(=O)OCc1ccccc1)C(=O)O. The molecule has 2 atom stereocenters. The van der Waals surface area contributed by atoms with Crippen LogP contribution in [-0.2, 0) is 35.3 Å². The number of amides is 8. The molecule has 3 heterocycles. The summed E-state index contributed by atoms with van der Waals surface area (Å²) in [5, 5.41) is 14.6. The van der Waals surface area contributed by atoms with Crippen LogP contribution in [0.1, 0.15) is 12.0 Å². The minimum absolute atomic E-state index is 0.00521. The Morgan fingerprint density at radius 1 is 1.05 bits per heavy atom. The molecule has 0 saturated carbocycles. The second-order valence-electron chi connectivity index (χ2n) is 8.47. The molecule has 0 radical (unpaired) electrons. The molecule has 1 aromatic rings. The van der Waals surface area contributed by atoms with Crippen molar-refractivity contribution in [1.29, 1.82) is 0 Å². The van der Waals surface area contributed by atoms with Gasteiger partial charge in [0.2, 0.25) is 5.91 Å². The lowest BCUT2D eigenvalue weighted by atomic mass is 10.2. The van der Waals surface area contributed by atoms with E-state index in [-0.39, 0.29) is 19.6 Å². The summed E-state index contributed by atoms with van der Waals surface area (Å²) in [4.78, 5) is 99.4. The molecule has 16 heteroatoms. The van der Waals surface area contributed by atoms with E-state index in [0.717, 1.165) is 4.90 Å².